The first kappa shape index (κ1) is 17.6. The first-order valence-electron chi connectivity index (χ1n) is 9.23. The highest BCUT2D eigenvalue weighted by molar-refractivity contribution is 5.82. The maximum atomic E-state index is 10.2. The van der Waals surface area contributed by atoms with Gasteiger partial charge in [-0.2, -0.15) is 0 Å². The van der Waals surface area contributed by atoms with Crippen LogP contribution in [0.5, 0.6) is 0 Å². The van der Waals surface area contributed by atoms with Crippen molar-refractivity contribution in [1.82, 2.24) is 19.5 Å². The Morgan fingerprint density at radius 2 is 1.92 bits per heavy atom. The number of imidazole rings is 1. The lowest BCUT2D eigenvalue weighted by Crippen LogP contribution is -2.33. The third-order valence-electron chi connectivity index (χ3n) is 5.43. The number of aliphatic hydroxyl groups is 3. The van der Waals surface area contributed by atoms with Gasteiger partial charge in [0.15, 0.2) is 23.2 Å². The van der Waals surface area contributed by atoms with Gasteiger partial charge in [-0.3, -0.25) is 4.57 Å². The molecule has 0 spiro atoms. The number of anilines is 1. The first-order chi connectivity index (χ1) is 12.7. The molecule has 1 unspecified atom stereocenters. The van der Waals surface area contributed by atoms with Crippen LogP contribution in [0.1, 0.15) is 38.3 Å². The van der Waals surface area contributed by atoms with Crippen molar-refractivity contribution < 1.29 is 20.1 Å². The number of fused-ring (bicyclic) bond motifs is 1. The van der Waals surface area contributed by atoms with Gasteiger partial charge in [0.25, 0.3) is 0 Å². The van der Waals surface area contributed by atoms with E-state index in [0.717, 1.165) is 6.54 Å². The summed E-state index contributed by atoms with van der Waals surface area (Å²) in [6.07, 6.45) is 5.31. The monoisotopic (exact) mass is 363 g/mol. The maximum Gasteiger partial charge on any atom is 0.167 e. The third-order valence-corrected chi connectivity index (χ3v) is 5.43. The van der Waals surface area contributed by atoms with E-state index in [4.69, 9.17) is 4.74 Å². The summed E-state index contributed by atoms with van der Waals surface area (Å²) in [4.78, 5) is 12.9. The molecule has 4 rings (SSSR count). The van der Waals surface area contributed by atoms with Gasteiger partial charge in [0.05, 0.1) is 12.9 Å². The van der Waals surface area contributed by atoms with Crippen LogP contribution >= 0.6 is 0 Å². The smallest absolute Gasteiger partial charge is 0.167 e. The van der Waals surface area contributed by atoms with Gasteiger partial charge < -0.3 is 25.4 Å². The van der Waals surface area contributed by atoms with Gasteiger partial charge in [0.1, 0.15) is 24.6 Å². The van der Waals surface area contributed by atoms with Crippen LogP contribution in [0, 0.1) is 5.92 Å². The summed E-state index contributed by atoms with van der Waals surface area (Å²) in [5.74, 6) is 1.31. The molecule has 26 heavy (non-hydrogen) atoms. The molecule has 1 saturated carbocycles. The fraction of sp³-hybridized carbons (Fsp3) is 0.706. The molecule has 0 amide bonds. The molecule has 0 radical (unpaired) electrons. The Morgan fingerprint density at radius 1 is 1.12 bits per heavy atom. The highest BCUT2D eigenvalue weighted by atomic mass is 16.6. The van der Waals surface area contributed by atoms with Crippen molar-refractivity contribution in [3.05, 3.63) is 12.7 Å². The van der Waals surface area contributed by atoms with E-state index in [9.17, 15) is 15.3 Å². The molecule has 2 fully saturated rings. The summed E-state index contributed by atoms with van der Waals surface area (Å²) in [7, 11) is 0. The minimum absolute atomic E-state index is 0.371. The molecule has 1 aliphatic carbocycles. The third kappa shape index (κ3) is 3.16. The van der Waals surface area contributed by atoms with Gasteiger partial charge in [0, 0.05) is 6.54 Å². The quantitative estimate of drug-likeness (QED) is 0.603. The van der Waals surface area contributed by atoms with Crippen LogP contribution in [0.2, 0.25) is 0 Å². The molecule has 2 aromatic heterocycles. The molecule has 4 atom stereocenters. The van der Waals surface area contributed by atoms with Gasteiger partial charge in [-0.05, 0) is 18.8 Å². The number of aromatic nitrogens is 4. The zero-order valence-corrected chi connectivity index (χ0v) is 14.5. The number of rotatable bonds is 5. The van der Waals surface area contributed by atoms with Gasteiger partial charge in [-0.15, -0.1) is 0 Å². The lowest BCUT2D eigenvalue weighted by Gasteiger charge is -2.22. The fourth-order valence-corrected chi connectivity index (χ4v) is 3.91. The molecule has 4 N–H and O–H groups in total. The van der Waals surface area contributed by atoms with E-state index in [-0.39, 0.29) is 6.61 Å². The van der Waals surface area contributed by atoms with Crippen molar-refractivity contribution in [1.29, 1.82) is 0 Å². The summed E-state index contributed by atoms with van der Waals surface area (Å²) in [5, 5.41) is 32.9. The lowest BCUT2D eigenvalue weighted by atomic mass is 9.89. The van der Waals surface area contributed by atoms with Crippen molar-refractivity contribution in [2.45, 2.75) is 56.6 Å². The van der Waals surface area contributed by atoms with Crippen LogP contribution < -0.4 is 5.32 Å². The van der Waals surface area contributed by atoms with E-state index >= 15 is 0 Å². The molecular weight excluding hydrogens is 338 g/mol. The summed E-state index contributed by atoms with van der Waals surface area (Å²) < 4.78 is 7.15. The van der Waals surface area contributed by atoms with Crippen LogP contribution in [0.4, 0.5) is 5.82 Å². The Labute approximate surface area is 151 Å². The standard InChI is InChI=1S/C17H25N5O4/c23-7-11-13(24)14(25)17(26-11)22-9-21-12-15(19-8-20-16(12)22)18-6-10-4-2-1-3-5-10/h8-11,13-14,17,23-25H,1-7H2,(H,18,19,20)/t11-,13-,14-,17?/m1/s1. The van der Waals surface area contributed by atoms with Gasteiger partial charge >= 0.3 is 0 Å². The van der Waals surface area contributed by atoms with E-state index in [2.05, 4.69) is 20.3 Å². The summed E-state index contributed by atoms with van der Waals surface area (Å²) in [6, 6.07) is 0. The normalized spacial score (nSPS) is 30.1. The van der Waals surface area contributed by atoms with E-state index in [1.807, 2.05) is 0 Å². The summed E-state index contributed by atoms with van der Waals surface area (Å²) >= 11 is 0. The molecule has 2 aromatic rings. The Hall–Kier alpha value is -1.81. The predicted molar refractivity (Wildman–Crippen MR) is 93.4 cm³/mol. The number of ether oxygens (including phenoxy) is 1. The van der Waals surface area contributed by atoms with Crippen molar-refractivity contribution in [2.75, 3.05) is 18.5 Å². The Bertz CT molecular complexity index is 748. The van der Waals surface area contributed by atoms with Crippen LogP contribution in [-0.4, -0.2) is 66.3 Å². The summed E-state index contributed by atoms with van der Waals surface area (Å²) in [5.41, 5.74) is 1.11. The Balaban J connectivity index is 1.55. The Morgan fingerprint density at radius 3 is 2.65 bits per heavy atom. The molecule has 142 valence electrons. The van der Waals surface area contributed by atoms with E-state index in [1.165, 1.54) is 44.8 Å². The molecule has 1 aliphatic heterocycles. The van der Waals surface area contributed by atoms with Crippen molar-refractivity contribution in [2.24, 2.45) is 5.92 Å². The molecule has 1 saturated heterocycles. The number of nitrogens with zero attached hydrogens (tertiary/aromatic N) is 4. The molecule has 2 aliphatic rings. The van der Waals surface area contributed by atoms with Crippen LogP contribution in [-0.2, 0) is 4.74 Å². The van der Waals surface area contributed by atoms with E-state index in [0.29, 0.717) is 22.9 Å². The molecule has 0 aromatic carbocycles. The second-order valence-corrected chi connectivity index (χ2v) is 7.16. The van der Waals surface area contributed by atoms with Gasteiger partial charge in [-0.1, -0.05) is 19.3 Å². The van der Waals surface area contributed by atoms with E-state index < -0.39 is 24.5 Å². The largest absolute Gasteiger partial charge is 0.394 e. The second kappa shape index (κ2) is 7.43. The minimum atomic E-state index is -1.17. The average molecular weight is 363 g/mol. The molecular formula is C17H25N5O4. The molecule has 3 heterocycles. The number of nitrogens with one attached hydrogen (secondary N) is 1. The lowest BCUT2D eigenvalue weighted by molar-refractivity contribution is -0.0511. The fourth-order valence-electron chi connectivity index (χ4n) is 3.91. The van der Waals surface area contributed by atoms with Gasteiger partial charge in [0.2, 0.25) is 0 Å². The zero-order chi connectivity index (χ0) is 18.1. The van der Waals surface area contributed by atoms with Crippen molar-refractivity contribution in [3.8, 4) is 0 Å². The Kier molecular flexibility index (Phi) is 5.03. The second-order valence-electron chi connectivity index (χ2n) is 7.16. The van der Waals surface area contributed by atoms with Crippen molar-refractivity contribution in [3.63, 3.8) is 0 Å². The van der Waals surface area contributed by atoms with Crippen LogP contribution in [0.25, 0.3) is 11.2 Å². The molecule has 9 nitrogen and oxygen atoms in total. The number of hydrogen-bond donors (Lipinski definition) is 4. The molecule has 0 bridgehead atoms. The zero-order valence-electron chi connectivity index (χ0n) is 14.5. The SMILES string of the molecule is OC[C@H]1OC(n2cnc3c(NCC4CCCCC4)ncnc32)[C@H](O)[C@@H]1O. The highest BCUT2D eigenvalue weighted by Gasteiger charge is 2.44. The summed E-state index contributed by atoms with van der Waals surface area (Å²) in [6.45, 7) is 0.483. The first-order valence-corrected chi connectivity index (χ1v) is 9.23. The molecule has 9 heteroatoms. The highest BCUT2D eigenvalue weighted by Crippen LogP contribution is 2.32. The van der Waals surface area contributed by atoms with Gasteiger partial charge in [-0.25, -0.2) is 15.0 Å². The predicted octanol–water partition coefficient (Wildman–Crippen LogP) is 0.430. The topological polar surface area (TPSA) is 126 Å². The van der Waals surface area contributed by atoms with Crippen LogP contribution in [0.3, 0.4) is 0 Å². The minimum Gasteiger partial charge on any atom is -0.394 e. The van der Waals surface area contributed by atoms with Crippen LogP contribution in [0.15, 0.2) is 12.7 Å². The number of aliphatic hydroxyl groups excluding tert-OH is 3. The average Bonchev–Trinajstić information content (AvgIpc) is 3.23. The van der Waals surface area contributed by atoms with E-state index in [1.54, 1.807) is 4.57 Å². The van der Waals surface area contributed by atoms with Crippen molar-refractivity contribution >= 4 is 17.0 Å². The number of hydrogen-bond acceptors (Lipinski definition) is 8. The maximum absolute atomic E-state index is 10.2.